The first-order chi connectivity index (χ1) is 10.0. The zero-order valence-electron chi connectivity index (χ0n) is 12.7. The molecule has 2 N–H and O–H groups in total. The summed E-state index contributed by atoms with van der Waals surface area (Å²) in [7, 11) is 0. The number of carboxylic acids is 1. The lowest BCUT2D eigenvalue weighted by Crippen LogP contribution is -2.21. The van der Waals surface area contributed by atoms with Crippen LogP contribution in [0.4, 0.5) is 5.95 Å². The summed E-state index contributed by atoms with van der Waals surface area (Å²) in [6, 6.07) is 0. The molecule has 0 aromatic carbocycles. The van der Waals surface area contributed by atoms with Gasteiger partial charge >= 0.3 is 5.97 Å². The molecule has 1 aliphatic rings. The van der Waals surface area contributed by atoms with Crippen LogP contribution in [0.15, 0.2) is 12.4 Å². The molecule has 1 aromatic heterocycles. The zero-order valence-corrected chi connectivity index (χ0v) is 12.7. The number of hydrogen-bond donors (Lipinski definition) is 2. The Bertz CT molecular complexity index is 461. The molecule has 2 heterocycles. The third-order valence-corrected chi connectivity index (χ3v) is 3.68. The first kappa shape index (κ1) is 15.7. The number of carbonyl (C=O) groups is 1. The van der Waals surface area contributed by atoms with Crippen LogP contribution in [0.1, 0.15) is 32.3 Å². The summed E-state index contributed by atoms with van der Waals surface area (Å²) in [5.74, 6) is 1.01. The van der Waals surface area contributed by atoms with Crippen molar-refractivity contribution in [2.75, 3.05) is 25.0 Å². The molecule has 6 heteroatoms. The lowest BCUT2D eigenvalue weighted by atomic mass is 9.97. The van der Waals surface area contributed by atoms with Crippen LogP contribution in [-0.4, -0.2) is 45.6 Å². The fraction of sp³-hybridized carbons (Fsp3) is 0.667. The van der Waals surface area contributed by atoms with E-state index in [2.05, 4.69) is 34.0 Å². The van der Waals surface area contributed by atoms with Crippen molar-refractivity contribution in [1.29, 1.82) is 0 Å². The van der Waals surface area contributed by atoms with Crippen molar-refractivity contribution in [1.82, 2.24) is 14.9 Å². The molecule has 6 nitrogen and oxygen atoms in total. The number of nitrogens with one attached hydrogen (secondary N) is 1. The molecule has 1 aromatic rings. The zero-order chi connectivity index (χ0) is 15.2. The van der Waals surface area contributed by atoms with Gasteiger partial charge in [0.05, 0.1) is 0 Å². The number of hydrogen-bond acceptors (Lipinski definition) is 5. The van der Waals surface area contributed by atoms with E-state index in [9.17, 15) is 4.79 Å². The molecular formula is C15H24N4O2. The van der Waals surface area contributed by atoms with Crippen molar-refractivity contribution in [3.05, 3.63) is 18.0 Å². The number of likely N-dealkylation sites (tertiary alicyclic amines) is 1. The molecule has 0 bridgehead atoms. The van der Waals surface area contributed by atoms with Crippen molar-refractivity contribution < 1.29 is 9.90 Å². The molecule has 0 aliphatic carbocycles. The molecule has 1 atom stereocenters. The van der Waals surface area contributed by atoms with Gasteiger partial charge in [0.2, 0.25) is 5.95 Å². The maximum atomic E-state index is 10.5. The summed E-state index contributed by atoms with van der Waals surface area (Å²) in [5, 5.41) is 11.2. The molecule has 1 unspecified atom stereocenters. The molecule has 0 amide bonds. The second kappa shape index (κ2) is 7.36. The Balaban J connectivity index is 1.80. The van der Waals surface area contributed by atoms with Gasteiger partial charge in [0.25, 0.3) is 0 Å². The van der Waals surface area contributed by atoms with Crippen LogP contribution in [0, 0.1) is 11.8 Å². The summed E-state index contributed by atoms with van der Waals surface area (Å²) >= 11 is 0. The lowest BCUT2D eigenvalue weighted by molar-refractivity contribution is -0.134. The van der Waals surface area contributed by atoms with Gasteiger partial charge in [-0.05, 0) is 31.2 Å². The van der Waals surface area contributed by atoms with Crippen LogP contribution in [-0.2, 0) is 11.3 Å². The van der Waals surface area contributed by atoms with Crippen molar-refractivity contribution in [2.24, 2.45) is 11.8 Å². The molecule has 1 fully saturated rings. The molecule has 0 saturated carbocycles. The standard InChI is InChI=1S/C15H24N4O2/c1-11(2)5-12-3-4-19(9-12)10-13-6-16-15(17-7-13)18-8-14(20)21/h6-7,11-12H,3-5,8-10H2,1-2H3,(H,20,21)(H,16,17,18). The smallest absolute Gasteiger partial charge is 0.322 e. The molecular weight excluding hydrogens is 268 g/mol. The topological polar surface area (TPSA) is 78.4 Å². The number of rotatable bonds is 7. The SMILES string of the molecule is CC(C)CC1CCN(Cc2cnc(NCC(=O)O)nc2)C1. The van der Waals surface area contributed by atoms with Crippen LogP contribution in [0.25, 0.3) is 0 Å². The van der Waals surface area contributed by atoms with Gasteiger partial charge in [-0.2, -0.15) is 0 Å². The van der Waals surface area contributed by atoms with Crippen LogP contribution in [0.2, 0.25) is 0 Å². The Hall–Kier alpha value is -1.69. The third-order valence-electron chi connectivity index (χ3n) is 3.68. The Morgan fingerprint density at radius 3 is 2.81 bits per heavy atom. The Kier molecular flexibility index (Phi) is 5.50. The molecule has 1 aliphatic heterocycles. The van der Waals surface area contributed by atoms with E-state index >= 15 is 0 Å². The monoisotopic (exact) mass is 292 g/mol. The van der Waals surface area contributed by atoms with Crippen molar-refractivity contribution in [3.8, 4) is 0 Å². The largest absolute Gasteiger partial charge is 0.480 e. The van der Waals surface area contributed by atoms with Crippen molar-refractivity contribution >= 4 is 11.9 Å². The third kappa shape index (κ3) is 5.30. The van der Waals surface area contributed by atoms with Crippen molar-refractivity contribution in [2.45, 2.75) is 33.2 Å². The van der Waals surface area contributed by atoms with E-state index in [1.54, 1.807) is 12.4 Å². The summed E-state index contributed by atoms with van der Waals surface area (Å²) in [4.78, 5) is 21.2. The van der Waals surface area contributed by atoms with Gasteiger partial charge in [-0.3, -0.25) is 9.69 Å². The number of aliphatic carboxylic acids is 1. The summed E-state index contributed by atoms with van der Waals surface area (Å²) in [6.07, 6.45) is 6.11. The molecule has 1 saturated heterocycles. The Morgan fingerprint density at radius 2 is 2.19 bits per heavy atom. The van der Waals surface area contributed by atoms with Crippen molar-refractivity contribution in [3.63, 3.8) is 0 Å². The van der Waals surface area contributed by atoms with Gasteiger partial charge in [-0.1, -0.05) is 13.8 Å². The highest BCUT2D eigenvalue weighted by molar-refractivity contribution is 5.71. The highest BCUT2D eigenvalue weighted by atomic mass is 16.4. The second-order valence-corrected chi connectivity index (χ2v) is 6.18. The Morgan fingerprint density at radius 1 is 1.48 bits per heavy atom. The average Bonchev–Trinajstić information content (AvgIpc) is 2.84. The summed E-state index contributed by atoms with van der Waals surface area (Å²) in [6.45, 7) is 7.54. The predicted octanol–water partition coefficient (Wildman–Crippen LogP) is 1.84. The fourth-order valence-electron chi connectivity index (χ4n) is 2.86. The van der Waals surface area contributed by atoms with E-state index in [1.807, 2.05) is 0 Å². The first-order valence-corrected chi connectivity index (χ1v) is 7.52. The first-order valence-electron chi connectivity index (χ1n) is 7.52. The highest BCUT2D eigenvalue weighted by Crippen LogP contribution is 2.24. The minimum Gasteiger partial charge on any atom is -0.480 e. The maximum absolute atomic E-state index is 10.5. The molecule has 0 spiro atoms. The minimum absolute atomic E-state index is 0.164. The van der Waals surface area contributed by atoms with E-state index in [4.69, 9.17) is 5.11 Å². The number of anilines is 1. The van der Waals surface area contributed by atoms with E-state index in [1.165, 1.54) is 12.8 Å². The number of nitrogens with zero attached hydrogens (tertiary/aromatic N) is 3. The van der Waals surface area contributed by atoms with Gasteiger partial charge in [0.15, 0.2) is 0 Å². The molecule has 21 heavy (non-hydrogen) atoms. The number of carboxylic acid groups (broad SMARTS) is 1. The van der Waals surface area contributed by atoms with E-state index in [0.29, 0.717) is 5.95 Å². The van der Waals surface area contributed by atoms with Gasteiger partial charge in [0, 0.05) is 31.0 Å². The molecule has 116 valence electrons. The minimum atomic E-state index is -0.920. The van der Waals surface area contributed by atoms with Gasteiger partial charge in [-0.15, -0.1) is 0 Å². The van der Waals surface area contributed by atoms with E-state index in [0.717, 1.165) is 37.0 Å². The lowest BCUT2D eigenvalue weighted by Gasteiger charge is -2.16. The predicted molar refractivity (Wildman–Crippen MR) is 81.0 cm³/mol. The van der Waals surface area contributed by atoms with Gasteiger partial charge in [-0.25, -0.2) is 9.97 Å². The number of aromatic nitrogens is 2. The van der Waals surface area contributed by atoms with Gasteiger partial charge in [0.1, 0.15) is 6.54 Å². The second-order valence-electron chi connectivity index (χ2n) is 6.18. The Labute approximate surface area is 125 Å². The summed E-state index contributed by atoms with van der Waals surface area (Å²) in [5.41, 5.74) is 1.07. The van der Waals surface area contributed by atoms with E-state index in [-0.39, 0.29) is 6.54 Å². The van der Waals surface area contributed by atoms with Crippen LogP contribution in [0.5, 0.6) is 0 Å². The van der Waals surface area contributed by atoms with Crippen LogP contribution >= 0.6 is 0 Å². The van der Waals surface area contributed by atoms with Crippen LogP contribution < -0.4 is 5.32 Å². The van der Waals surface area contributed by atoms with E-state index < -0.39 is 5.97 Å². The van der Waals surface area contributed by atoms with Crippen LogP contribution in [0.3, 0.4) is 0 Å². The molecule has 2 rings (SSSR count). The average molecular weight is 292 g/mol. The quantitative estimate of drug-likeness (QED) is 0.798. The summed E-state index contributed by atoms with van der Waals surface area (Å²) < 4.78 is 0. The maximum Gasteiger partial charge on any atom is 0.322 e. The van der Waals surface area contributed by atoms with Gasteiger partial charge < -0.3 is 10.4 Å². The normalized spacial score (nSPS) is 19.1. The fourth-order valence-corrected chi connectivity index (χ4v) is 2.86. The highest BCUT2D eigenvalue weighted by Gasteiger charge is 2.23. The molecule has 0 radical (unpaired) electrons.